The minimum absolute atomic E-state index is 0.156. The van der Waals surface area contributed by atoms with Gasteiger partial charge in [-0.2, -0.15) is 0 Å². The van der Waals surface area contributed by atoms with Gasteiger partial charge in [0.1, 0.15) is 12.4 Å². The van der Waals surface area contributed by atoms with Crippen molar-refractivity contribution in [3.05, 3.63) is 63.9 Å². The van der Waals surface area contributed by atoms with E-state index in [0.717, 1.165) is 10.2 Å². The SMILES string of the molecule is CCn1c(COc2ccc(Br)cc2)nnc1SCC(=O)Nc1ccccc1Cl. The Morgan fingerprint density at radius 3 is 2.68 bits per heavy atom. The van der Waals surface area contributed by atoms with Gasteiger partial charge in [-0.1, -0.05) is 51.4 Å². The number of anilines is 1. The molecule has 9 heteroatoms. The fourth-order valence-corrected chi connectivity index (χ4v) is 3.68. The highest BCUT2D eigenvalue weighted by atomic mass is 79.9. The Morgan fingerprint density at radius 2 is 1.96 bits per heavy atom. The van der Waals surface area contributed by atoms with Crippen molar-refractivity contribution >= 4 is 50.9 Å². The van der Waals surface area contributed by atoms with Gasteiger partial charge in [-0.25, -0.2) is 0 Å². The molecular weight excluding hydrogens is 464 g/mol. The highest BCUT2D eigenvalue weighted by molar-refractivity contribution is 9.10. The minimum atomic E-state index is -0.156. The molecule has 0 spiro atoms. The number of amides is 1. The zero-order valence-electron chi connectivity index (χ0n) is 15.1. The lowest BCUT2D eigenvalue weighted by atomic mass is 10.3. The lowest BCUT2D eigenvalue weighted by molar-refractivity contribution is -0.113. The van der Waals surface area contributed by atoms with Gasteiger partial charge in [-0.05, 0) is 43.3 Å². The summed E-state index contributed by atoms with van der Waals surface area (Å²) in [6.45, 7) is 2.98. The molecule has 3 aromatic rings. The van der Waals surface area contributed by atoms with Crippen LogP contribution in [0.2, 0.25) is 5.02 Å². The number of carbonyl (C=O) groups is 1. The molecule has 0 unspecified atom stereocenters. The van der Waals surface area contributed by atoms with Crippen LogP contribution in [0.5, 0.6) is 5.75 Å². The summed E-state index contributed by atoms with van der Waals surface area (Å²) in [6, 6.07) is 14.7. The molecule has 0 aliphatic carbocycles. The molecule has 0 bridgehead atoms. The number of halogens is 2. The number of ether oxygens (including phenoxy) is 1. The second-order valence-corrected chi connectivity index (χ2v) is 7.97. The summed E-state index contributed by atoms with van der Waals surface area (Å²) in [5.41, 5.74) is 0.593. The highest BCUT2D eigenvalue weighted by Gasteiger charge is 2.14. The van der Waals surface area contributed by atoms with E-state index >= 15 is 0 Å². The Bertz CT molecular complexity index is 949. The standard InChI is InChI=1S/C19H18BrClN4O2S/c1-2-25-17(11-27-14-9-7-13(20)8-10-14)23-24-19(25)28-12-18(26)22-16-6-4-3-5-15(16)21/h3-10H,2,11-12H2,1H3,(H,22,26). The van der Waals surface area contributed by atoms with Gasteiger partial charge >= 0.3 is 0 Å². The van der Waals surface area contributed by atoms with Crippen LogP contribution in [0.1, 0.15) is 12.7 Å². The molecule has 0 saturated carbocycles. The van der Waals surface area contributed by atoms with Crippen molar-refractivity contribution in [2.45, 2.75) is 25.2 Å². The molecule has 6 nitrogen and oxygen atoms in total. The Labute approximate surface area is 180 Å². The maximum absolute atomic E-state index is 12.2. The largest absolute Gasteiger partial charge is 0.486 e. The first-order valence-electron chi connectivity index (χ1n) is 8.54. The molecule has 0 radical (unpaired) electrons. The van der Waals surface area contributed by atoms with Crippen molar-refractivity contribution in [3.63, 3.8) is 0 Å². The Kier molecular flexibility index (Phi) is 7.36. The number of aromatic nitrogens is 3. The summed E-state index contributed by atoms with van der Waals surface area (Å²) < 4.78 is 8.70. The third-order valence-electron chi connectivity index (χ3n) is 3.77. The van der Waals surface area contributed by atoms with Crippen LogP contribution in [0.25, 0.3) is 0 Å². The average molecular weight is 482 g/mol. The first kappa shape index (κ1) is 20.7. The predicted octanol–water partition coefficient (Wildman–Crippen LogP) is 5.02. The van der Waals surface area contributed by atoms with Gasteiger partial charge in [0.15, 0.2) is 11.0 Å². The number of benzene rings is 2. The van der Waals surface area contributed by atoms with E-state index in [2.05, 4.69) is 31.4 Å². The summed E-state index contributed by atoms with van der Waals surface area (Å²) in [4.78, 5) is 12.2. The first-order valence-corrected chi connectivity index (χ1v) is 10.7. The molecule has 0 atom stereocenters. The van der Waals surface area contributed by atoms with Gasteiger partial charge in [-0.3, -0.25) is 4.79 Å². The van der Waals surface area contributed by atoms with E-state index in [1.165, 1.54) is 11.8 Å². The Hall–Kier alpha value is -2.03. The van der Waals surface area contributed by atoms with Crippen LogP contribution in [0.4, 0.5) is 5.69 Å². The van der Waals surface area contributed by atoms with Crippen LogP contribution in [-0.4, -0.2) is 26.4 Å². The van der Waals surface area contributed by atoms with Gasteiger partial charge in [0.25, 0.3) is 0 Å². The predicted molar refractivity (Wildman–Crippen MR) is 115 cm³/mol. The molecular formula is C19H18BrClN4O2S. The van der Waals surface area contributed by atoms with E-state index in [0.29, 0.717) is 34.8 Å². The number of para-hydroxylation sites is 1. The molecule has 0 aliphatic rings. The van der Waals surface area contributed by atoms with Gasteiger partial charge in [0.05, 0.1) is 16.5 Å². The zero-order valence-corrected chi connectivity index (χ0v) is 18.2. The minimum Gasteiger partial charge on any atom is -0.486 e. The Balaban J connectivity index is 1.58. The van der Waals surface area contributed by atoms with E-state index in [4.69, 9.17) is 16.3 Å². The summed E-state index contributed by atoms with van der Waals surface area (Å²) in [5, 5.41) is 12.4. The second kappa shape index (κ2) is 9.95. The summed E-state index contributed by atoms with van der Waals surface area (Å²) >= 11 is 10.8. The lowest BCUT2D eigenvalue weighted by Crippen LogP contribution is -2.15. The summed E-state index contributed by atoms with van der Waals surface area (Å²) in [6.07, 6.45) is 0. The third-order valence-corrected chi connectivity index (χ3v) is 5.60. The molecule has 1 N–H and O–H groups in total. The van der Waals surface area contributed by atoms with Gasteiger partial charge in [0.2, 0.25) is 5.91 Å². The van der Waals surface area contributed by atoms with Gasteiger partial charge in [-0.15, -0.1) is 10.2 Å². The Morgan fingerprint density at radius 1 is 1.21 bits per heavy atom. The van der Waals surface area contributed by atoms with E-state index in [-0.39, 0.29) is 11.7 Å². The van der Waals surface area contributed by atoms with Crippen molar-refractivity contribution < 1.29 is 9.53 Å². The van der Waals surface area contributed by atoms with Crippen LogP contribution in [-0.2, 0) is 17.9 Å². The smallest absolute Gasteiger partial charge is 0.234 e. The third kappa shape index (κ3) is 5.50. The lowest BCUT2D eigenvalue weighted by Gasteiger charge is -2.09. The molecule has 1 amide bonds. The molecule has 146 valence electrons. The monoisotopic (exact) mass is 480 g/mol. The van der Waals surface area contributed by atoms with Crippen LogP contribution < -0.4 is 10.1 Å². The van der Waals surface area contributed by atoms with Crippen LogP contribution in [0.3, 0.4) is 0 Å². The number of nitrogens with one attached hydrogen (secondary N) is 1. The zero-order chi connectivity index (χ0) is 19.9. The summed E-state index contributed by atoms with van der Waals surface area (Å²) in [7, 11) is 0. The fraction of sp³-hybridized carbons (Fsp3) is 0.211. The number of thioether (sulfide) groups is 1. The molecule has 0 aliphatic heterocycles. The van der Waals surface area contributed by atoms with E-state index in [9.17, 15) is 4.79 Å². The molecule has 1 heterocycles. The molecule has 1 aromatic heterocycles. The number of nitrogens with zero attached hydrogens (tertiary/aromatic N) is 3. The normalized spacial score (nSPS) is 10.7. The maximum atomic E-state index is 12.2. The van der Waals surface area contributed by atoms with Gasteiger partial charge in [0, 0.05) is 11.0 Å². The number of hydrogen-bond donors (Lipinski definition) is 1. The van der Waals surface area contributed by atoms with Crippen molar-refractivity contribution in [3.8, 4) is 5.75 Å². The van der Waals surface area contributed by atoms with E-state index < -0.39 is 0 Å². The number of rotatable bonds is 8. The molecule has 28 heavy (non-hydrogen) atoms. The summed E-state index contributed by atoms with van der Waals surface area (Å²) in [5.74, 6) is 1.51. The van der Waals surface area contributed by atoms with E-state index in [1.807, 2.05) is 47.9 Å². The van der Waals surface area contributed by atoms with Crippen molar-refractivity contribution in [2.24, 2.45) is 0 Å². The van der Waals surface area contributed by atoms with Crippen LogP contribution >= 0.6 is 39.3 Å². The second-order valence-electron chi connectivity index (χ2n) is 5.70. The topological polar surface area (TPSA) is 69.0 Å². The van der Waals surface area contributed by atoms with Crippen LogP contribution in [0, 0.1) is 0 Å². The van der Waals surface area contributed by atoms with Crippen LogP contribution in [0.15, 0.2) is 58.2 Å². The molecule has 3 rings (SSSR count). The number of carbonyl (C=O) groups excluding carboxylic acids is 1. The average Bonchev–Trinajstić information content (AvgIpc) is 3.09. The quantitative estimate of drug-likeness (QED) is 0.457. The molecule has 0 saturated heterocycles. The number of hydrogen-bond acceptors (Lipinski definition) is 5. The first-order chi connectivity index (χ1) is 13.6. The van der Waals surface area contributed by atoms with Crippen molar-refractivity contribution in [1.29, 1.82) is 0 Å². The van der Waals surface area contributed by atoms with Crippen molar-refractivity contribution in [1.82, 2.24) is 14.8 Å². The molecule has 0 fully saturated rings. The fourth-order valence-electron chi connectivity index (χ4n) is 2.41. The van der Waals surface area contributed by atoms with Crippen molar-refractivity contribution in [2.75, 3.05) is 11.1 Å². The molecule has 2 aromatic carbocycles. The van der Waals surface area contributed by atoms with E-state index in [1.54, 1.807) is 12.1 Å². The maximum Gasteiger partial charge on any atom is 0.234 e. The van der Waals surface area contributed by atoms with Gasteiger partial charge < -0.3 is 14.6 Å². The highest BCUT2D eigenvalue weighted by Crippen LogP contribution is 2.23.